The number of thiophene rings is 1. The van der Waals surface area contributed by atoms with E-state index in [1.54, 1.807) is 6.07 Å². The molecule has 1 aromatic rings. The maximum Gasteiger partial charge on any atom is 0.252 e. The van der Waals surface area contributed by atoms with Gasteiger partial charge in [-0.2, -0.15) is 4.31 Å². The first-order valence-electron chi connectivity index (χ1n) is 10.4. The second-order valence-electron chi connectivity index (χ2n) is 9.71. The lowest BCUT2D eigenvalue weighted by Crippen LogP contribution is -2.57. The molecule has 5 aliphatic rings. The molecule has 6 nitrogen and oxygen atoms in total. The van der Waals surface area contributed by atoms with Crippen molar-refractivity contribution in [2.45, 2.75) is 54.8 Å². The van der Waals surface area contributed by atoms with Crippen molar-refractivity contribution in [2.75, 3.05) is 26.2 Å². The Morgan fingerprint density at radius 2 is 1.79 bits per heavy atom. The van der Waals surface area contributed by atoms with Crippen molar-refractivity contribution in [3.63, 3.8) is 0 Å². The molecule has 1 N–H and O–H groups in total. The Hall–Kier alpha value is -0.670. The summed E-state index contributed by atoms with van der Waals surface area (Å²) in [7, 11) is -3.55. The average molecular weight is 459 g/mol. The molecule has 2 atom stereocenters. The highest BCUT2D eigenvalue weighted by molar-refractivity contribution is 7.91. The first-order chi connectivity index (χ1) is 13.7. The lowest BCUT2D eigenvalue weighted by molar-refractivity contribution is -0.172. The van der Waals surface area contributed by atoms with E-state index in [1.165, 1.54) is 16.8 Å². The predicted molar refractivity (Wildman–Crippen MR) is 111 cm³/mol. The van der Waals surface area contributed by atoms with E-state index in [1.807, 2.05) is 4.90 Å². The monoisotopic (exact) mass is 458 g/mol. The van der Waals surface area contributed by atoms with Crippen molar-refractivity contribution < 1.29 is 18.3 Å². The summed E-state index contributed by atoms with van der Waals surface area (Å²) in [5.41, 5.74) is -0.605. The molecule has 0 unspecified atom stereocenters. The maximum absolute atomic E-state index is 13.1. The number of amides is 1. The van der Waals surface area contributed by atoms with E-state index in [0.717, 1.165) is 43.4 Å². The van der Waals surface area contributed by atoms with Crippen LogP contribution in [0.2, 0.25) is 4.34 Å². The molecule has 1 aliphatic heterocycles. The van der Waals surface area contributed by atoms with Crippen LogP contribution in [0.1, 0.15) is 44.9 Å². The fraction of sp³-hybridized carbons (Fsp3) is 0.750. The van der Waals surface area contributed by atoms with Crippen molar-refractivity contribution in [1.29, 1.82) is 0 Å². The Kier molecular flexibility index (Phi) is 4.83. The molecule has 4 saturated carbocycles. The quantitative estimate of drug-likeness (QED) is 0.752. The zero-order valence-electron chi connectivity index (χ0n) is 16.3. The van der Waals surface area contributed by atoms with Gasteiger partial charge >= 0.3 is 0 Å². The Labute approximate surface area is 180 Å². The summed E-state index contributed by atoms with van der Waals surface area (Å²) in [6.45, 7) is 1.46. The Morgan fingerprint density at radius 1 is 1.14 bits per heavy atom. The van der Waals surface area contributed by atoms with Gasteiger partial charge in [-0.05, 0) is 67.9 Å². The predicted octanol–water partition coefficient (Wildman–Crippen LogP) is 2.96. The van der Waals surface area contributed by atoms with E-state index < -0.39 is 15.6 Å². The van der Waals surface area contributed by atoms with Gasteiger partial charge in [0.25, 0.3) is 10.0 Å². The lowest BCUT2D eigenvalue weighted by atomic mass is 9.47. The molecule has 4 bridgehead atoms. The molecule has 160 valence electrons. The minimum absolute atomic E-state index is 0.0488. The molecular weight excluding hydrogens is 432 g/mol. The van der Waals surface area contributed by atoms with Gasteiger partial charge in [0, 0.05) is 32.6 Å². The van der Waals surface area contributed by atoms with Crippen LogP contribution in [-0.2, 0) is 14.8 Å². The molecule has 0 aromatic carbocycles. The summed E-state index contributed by atoms with van der Waals surface area (Å²) < 4.78 is 27.7. The zero-order valence-corrected chi connectivity index (χ0v) is 18.7. The van der Waals surface area contributed by atoms with Gasteiger partial charge in [-0.3, -0.25) is 4.79 Å². The van der Waals surface area contributed by atoms with Gasteiger partial charge in [0.15, 0.2) is 0 Å². The number of aliphatic hydroxyl groups is 1. The molecule has 0 spiro atoms. The second-order valence-corrected chi connectivity index (χ2v) is 13.6. The number of halogens is 1. The van der Waals surface area contributed by atoms with E-state index in [0.29, 0.717) is 48.8 Å². The molecule has 1 amide bonds. The smallest absolute Gasteiger partial charge is 0.252 e. The van der Waals surface area contributed by atoms with E-state index in [4.69, 9.17) is 11.6 Å². The third-order valence-electron chi connectivity index (χ3n) is 7.41. The van der Waals surface area contributed by atoms with Crippen molar-refractivity contribution >= 4 is 38.9 Å². The average Bonchev–Trinajstić information content (AvgIpc) is 3.06. The number of carbonyl (C=O) groups excluding carboxylic acids is 1. The number of nitrogens with zero attached hydrogens (tertiary/aromatic N) is 2. The largest absolute Gasteiger partial charge is 0.390 e. The van der Waals surface area contributed by atoms with Gasteiger partial charge in [-0.15, -0.1) is 11.3 Å². The van der Waals surface area contributed by atoms with Crippen LogP contribution < -0.4 is 0 Å². The fourth-order valence-corrected chi connectivity index (χ4v) is 9.84. The van der Waals surface area contributed by atoms with E-state index in [9.17, 15) is 18.3 Å². The highest BCUT2D eigenvalue weighted by Crippen LogP contribution is 2.62. The third kappa shape index (κ3) is 3.65. The number of piperazine rings is 1. The molecule has 6 rings (SSSR count). The normalized spacial score (nSPS) is 37.2. The van der Waals surface area contributed by atoms with Gasteiger partial charge in [0.05, 0.1) is 9.94 Å². The summed E-state index contributed by atoms with van der Waals surface area (Å²) >= 11 is 6.96. The zero-order chi connectivity index (χ0) is 20.4. The van der Waals surface area contributed by atoms with Crippen LogP contribution in [0.15, 0.2) is 16.3 Å². The van der Waals surface area contributed by atoms with Crippen LogP contribution in [-0.4, -0.2) is 60.4 Å². The van der Waals surface area contributed by atoms with Gasteiger partial charge in [0.2, 0.25) is 5.91 Å². The Balaban J connectivity index is 1.22. The molecule has 1 saturated heterocycles. The van der Waals surface area contributed by atoms with Crippen molar-refractivity contribution in [2.24, 2.45) is 17.3 Å². The molecule has 2 heterocycles. The number of hydrogen-bond donors (Lipinski definition) is 1. The number of rotatable bonds is 4. The topological polar surface area (TPSA) is 77.9 Å². The van der Waals surface area contributed by atoms with Gasteiger partial charge in [0.1, 0.15) is 4.21 Å². The SMILES string of the molecule is O=C(CC12C[C@H]3C[C@@H](CC(O)(C3)C1)C2)N1CCN(S(=O)(=O)c2ccc(Cl)s2)CC1. The highest BCUT2D eigenvalue weighted by Gasteiger charge is 2.57. The first-order valence-corrected chi connectivity index (χ1v) is 13.1. The van der Waals surface area contributed by atoms with Crippen LogP contribution in [0.3, 0.4) is 0 Å². The van der Waals surface area contributed by atoms with Crippen molar-refractivity contribution in [3.05, 3.63) is 16.5 Å². The summed E-state index contributed by atoms with van der Waals surface area (Å²) in [5.74, 6) is 1.24. The minimum atomic E-state index is -3.55. The van der Waals surface area contributed by atoms with E-state index in [-0.39, 0.29) is 15.5 Å². The van der Waals surface area contributed by atoms with Gasteiger partial charge in [-0.1, -0.05) is 11.6 Å². The Bertz CT molecular complexity index is 909. The van der Waals surface area contributed by atoms with Crippen LogP contribution in [0.5, 0.6) is 0 Å². The maximum atomic E-state index is 13.1. The number of hydrogen-bond acceptors (Lipinski definition) is 5. The fourth-order valence-electron chi connectivity index (χ4n) is 6.78. The molecule has 5 fully saturated rings. The van der Waals surface area contributed by atoms with E-state index >= 15 is 0 Å². The van der Waals surface area contributed by atoms with Crippen LogP contribution >= 0.6 is 22.9 Å². The molecule has 0 radical (unpaired) electrons. The van der Waals surface area contributed by atoms with Gasteiger partial charge in [-0.25, -0.2) is 8.42 Å². The molecule has 9 heteroatoms. The molecule has 4 aliphatic carbocycles. The number of carbonyl (C=O) groups is 1. The molecule has 1 aromatic heterocycles. The Morgan fingerprint density at radius 3 is 2.34 bits per heavy atom. The third-order valence-corrected chi connectivity index (χ3v) is 11.0. The molecular formula is C20H27ClN2O4S2. The van der Waals surface area contributed by atoms with Gasteiger partial charge < -0.3 is 10.0 Å². The van der Waals surface area contributed by atoms with Crippen LogP contribution in [0.4, 0.5) is 0 Å². The van der Waals surface area contributed by atoms with Crippen LogP contribution in [0.25, 0.3) is 0 Å². The standard InChI is InChI=1S/C20H27ClN2O4S2/c21-16-1-2-18(28-16)29(26,27)23-5-3-22(4-6-23)17(24)12-19-8-14-7-15(9-19)11-20(25,10-14)13-19/h1-2,14-15,25H,3-13H2/t14-,15-,19?,20?/m1/s1. The highest BCUT2D eigenvalue weighted by atomic mass is 35.5. The number of sulfonamides is 1. The summed E-state index contributed by atoms with van der Waals surface area (Å²) in [4.78, 5) is 14.9. The van der Waals surface area contributed by atoms with E-state index in [2.05, 4.69) is 0 Å². The second kappa shape index (κ2) is 6.92. The molecule has 29 heavy (non-hydrogen) atoms. The summed E-state index contributed by atoms with van der Waals surface area (Å²) in [6, 6.07) is 3.13. The lowest BCUT2D eigenvalue weighted by Gasteiger charge is -2.60. The summed E-state index contributed by atoms with van der Waals surface area (Å²) in [6.07, 6.45) is 6.39. The minimum Gasteiger partial charge on any atom is -0.390 e. The van der Waals surface area contributed by atoms with Crippen molar-refractivity contribution in [3.8, 4) is 0 Å². The first kappa shape index (κ1) is 20.2. The van der Waals surface area contributed by atoms with Crippen molar-refractivity contribution in [1.82, 2.24) is 9.21 Å². The van der Waals surface area contributed by atoms with Crippen LogP contribution in [0, 0.1) is 17.3 Å². The summed E-state index contributed by atoms with van der Waals surface area (Å²) in [5, 5.41) is 10.9.